The average Bonchev–Trinajstić information content (AvgIpc) is 2.87. The van der Waals surface area contributed by atoms with Gasteiger partial charge in [0.25, 0.3) is 0 Å². The standard InChI is InChI=1S/C27H27O5P/c1-29-25-14-10-21(11-15-25)18-31-33(28,32-19-22-12-16-26(30-2)17-13-22)20-24-8-5-7-23-6-3-4-9-27(23)24/h3-17H,18-20H2,1-2H3. The first-order chi connectivity index (χ1) is 16.1. The van der Waals surface area contributed by atoms with Crippen molar-refractivity contribution in [2.24, 2.45) is 0 Å². The van der Waals surface area contributed by atoms with Gasteiger partial charge in [0, 0.05) is 0 Å². The van der Waals surface area contributed by atoms with Gasteiger partial charge in [0.15, 0.2) is 0 Å². The summed E-state index contributed by atoms with van der Waals surface area (Å²) in [4.78, 5) is 0. The first kappa shape index (κ1) is 23.1. The van der Waals surface area contributed by atoms with Crippen molar-refractivity contribution in [3.63, 3.8) is 0 Å². The summed E-state index contributed by atoms with van der Waals surface area (Å²) in [6.45, 7) is 0.350. The van der Waals surface area contributed by atoms with Gasteiger partial charge >= 0.3 is 7.60 Å². The highest BCUT2D eigenvalue weighted by molar-refractivity contribution is 7.53. The minimum absolute atomic E-state index is 0.175. The van der Waals surface area contributed by atoms with Gasteiger partial charge in [0.2, 0.25) is 0 Å². The van der Waals surface area contributed by atoms with E-state index in [0.29, 0.717) is 0 Å². The Bertz CT molecular complexity index is 1170. The van der Waals surface area contributed by atoms with E-state index in [1.807, 2.05) is 91.0 Å². The predicted octanol–water partition coefficient (Wildman–Crippen LogP) is 6.98. The molecule has 0 amide bonds. The van der Waals surface area contributed by atoms with E-state index in [0.717, 1.165) is 39.0 Å². The van der Waals surface area contributed by atoms with Gasteiger partial charge in [0.1, 0.15) is 11.5 Å². The topological polar surface area (TPSA) is 54.0 Å². The number of benzene rings is 4. The van der Waals surface area contributed by atoms with Crippen molar-refractivity contribution in [3.8, 4) is 11.5 Å². The van der Waals surface area contributed by atoms with Crippen molar-refractivity contribution in [2.75, 3.05) is 14.2 Å². The smallest absolute Gasteiger partial charge is 0.335 e. The van der Waals surface area contributed by atoms with E-state index in [2.05, 4.69) is 0 Å². The van der Waals surface area contributed by atoms with E-state index >= 15 is 0 Å². The van der Waals surface area contributed by atoms with E-state index in [9.17, 15) is 4.57 Å². The number of rotatable bonds is 10. The number of hydrogen-bond donors (Lipinski definition) is 0. The molecule has 170 valence electrons. The highest BCUT2D eigenvalue weighted by Crippen LogP contribution is 2.53. The SMILES string of the molecule is COc1ccc(COP(=O)(Cc2cccc3ccccc23)OCc2ccc(OC)cc2)cc1. The Kier molecular flexibility index (Phi) is 7.46. The molecule has 0 aliphatic heterocycles. The summed E-state index contributed by atoms with van der Waals surface area (Å²) < 4.78 is 36.3. The van der Waals surface area contributed by atoms with Crippen LogP contribution in [0, 0.1) is 0 Å². The van der Waals surface area contributed by atoms with Crippen LogP contribution >= 0.6 is 7.60 Å². The van der Waals surface area contributed by atoms with Crippen molar-refractivity contribution in [1.29, 1.82) is 0 Å². The molecule has 0 heterocycles. The zero-order chi connectivity index (χ0) is 23.1. The molecule has 33 heavy (non-hydrogen) atoms. The van der Waals surface area contributed by atoms with Gasteiger partial charge in [0.05, 0.1) is 33.6 Å². The molecule has 4 aromatic rings. The van der Waals surface area contributed by atoms with Crippen LogP contribution in [0.1, 0.15) is 16.7 Å². The quantitative estimate of drug-likeness (QED) is 0.238. The Hall–Kier alpha value is -3.11. The van der Waals surface area contributed by atoms with E-state index in [1.54, 1.807) is 14.2 Å². The van der Waals surface area contributed by atoms with E-state index in [-0.39, 0.29) is 19.4 Å². The fourth-order valence-electron chi connectivity index (χ4n) is 3.56. The van der Waals surface area contributed by atoms with E-state index in [4.69, 9.17) is 18.5 Å². The van der Waals surface area contributed by atoms with Crippen LogP contribution < -0.4 is 9.47 Å². The Morgan fingerprint density at radius 1 is 0.636 bits per heavy atom. The fourth-order valence-corrected chi connectivity index (χ4v) is 5.20. The van der Waals surface area contributed by atoms with Crippen LogP contribution in [0.3, 0.4) is 0 Å². The molecule has 0 aliphatic carbocycles. The molecule has 0 fully saturated rings. The molecule has 5 nitrogen and oxygen atoms in total. The largest absolute Gasteiger partial charge is 0.497 e. The molecular formula is C27H27O5P. The third kappa shape index (κ3) is 6.02. The van der Waals surface area contributed by atoms with Crippen LogP contribution in [0.25, 0.3) is 10.8 Å². The molecule has 4 rings (SSSR count). The Morgan fingerprint density at radius 2 is 1.15 bits per heavy atom. The Morgan fingerprint density at radius 3 is 1.70 bits per heavy atom. The number of methoxy groups -OCH3 is 2. The van der Waals surface area contributed by atoms with Gasteiger partial charge in [-0.15, -0.1) is 0 Å². The van der Waals surface area contributed by atoms with Crippen molar-refractivity contribution in [1.82, 2.24) is 0 Å². The second-order valence-electron chi connectivity index (χ2n) is 7.65. The lowest BCUT2D eigenvalue weighted by atomic mass is 10.1. The minimum Gasteiger partial charge on any atom is -0.497 e. The van der Waals surface area contributed by atoms with Gasteiger partial charge in [-0.25, -0.2) is 0 Å². The summed E-state index contributed by atoms with van der Waals surface area (Å²) in [7, 11) is -0.233. The van der Waals surface area contributed by atoms with Gasteiger partial charge in [-0.1, -0.05) is 66.7 Å². The van der Waals surface area contributed by atoms with Gasteiger partial charge in [-0.3, -0.25) is 4.57 Å². The van der Waals surface area contributed by atoms with E-state index in [1.165, 1.54) is 0 Å². The summed E-state index contributed by atoms with van der Waals surface area (Å²) in [5.41, 5.74) is 2.71. The molecule has 0 atom stereocenters. The van der Waals surface area contributed by atoms with E-state index < -0.39 is 7.60 Å². The Balaban J connectivity index is 1.56. The molecule has 0 saturated heterocycles. The summed E-state index contributed by atoms with van der Waals surface area (Å²) >= 11 is 0. The Labute approximate surface area is 194 Å². The maximum atomic E-state index is 13.9. The number of ether oxygens (including phenoxy) is 2. The maximum Gasteiger partial charge on any atom is 0.335 e. The lowest BCUT2D eigenvalue weighted by molar-refractivity contribution is 0.190. The highest BCUT2D eigenvalue weighted by atomic mass is 31.2. The summed E-state index contributed by atoms with van der Waals surface area (Å²) in [5.74, 6) is 1.52. The molecule has 0 saturated carbocycles. The molecule has 6 heteroatoms. The monoisotopic (exact) mass is 462 g/mol. The first-order valence-electron chi connectivity index (χ1n) is 10.7. The molecular weight excluding hydrogens is 435 g/mol. The highest BCUT2D eigenvalue weighted by Gasteiger charge is 2.26. The molecule has 0 radical (unpaired) electrons. The lowest BCUT2D eigenvalue weighted by Crippen LogP contribution is -2.01. The van der Waals surface area contributed by atoms with Crippen LogP contribution in [-0.4, -0.2) is 14.2 Å². The van der Waals surface area contributed by atoms with Gasteiger partial charge < -0.3 is 18.5 Å². The van der Waals surface area contributed by atoms with Crippen LogP contribution in [0.4, 0.5) is 0 Å². The number of fused-ring (bicyclic) bond motifs is 1. The minimum atomic E-state index is -3.48. The first-order valence-corrected chi connectivity index (χ1v) is 12.4. The molecule has 0 spiro atoms. The molecule has 0 bridgehead atoms. The average molecular weight is 462 g/mol. The van der Waals surface area contributed by atoms with Crippen LogP contribution in [0.5, 0.6) is 11.5 Å². The summed E-state index contributed by atoms with van der Waals surface area (Å²) in [5, 5.41) is 2.13. The van der Waals surface area contributed by atoms with Crippen LogP contribution in [0.2, 0.25) is 0 Å². The fraction of sp³-hybridized carbons (Fsp3) is 0.185. The summed E-state index contributed by atoms with van der Waals surface area (Å²) in [6.07, 6.45) is 0.181. The van der Waals surface area contributed by atoms with Crippen molar-refractivity contribution in [3.05, 3.63) is 108 Å². The van der Waals surface area contributed by atoms with Crippen LogP contribution in [0.15, 0.2) is 91.0 Å². The zero-order valence-corrected chi connectivity index (χ0v) is 19.7. The van der Waals surface area contributed by atoms with Gasteiger partial charge in [-0.05, 0) is 51.7 Å². The van der Waals surface area contributed by atoms with Crippen molar-refractivity contribution in [2.45, 2.75) is 19.4 Å². The molecule has 0 aliphatic rings. The second kappa shape index (κ2) is 10.7. The second-order valence-corrected chi connectivity index (χ2v) is 9.70. The molecule has 4 aromatic carbocycles. The molecule has 0 unspecified atom stereocenters. The third-order valence-electron chi connectivity index (χ3n) is 5.42. The lowest BCUT2D eigenvalue weighted by Gasteiger charge is -2.20. The maximum absolute atomic E-state index is 13.9. The van der Waals surface area contributed by atoms with Crippen LogP contribution in [-0.2, 0) is 33.0 Å². The molecule has 0 aromatic heterocycles. The summed E-state index contributed by atoms with van der Waals surface area (Å²) in [6, 6.07) is 29.0. The van der Waals surface area contributed by atoms with Crippen molar-refractivity contribution >= 4 is 18.4 Å². The molecule has 0 N–H and O–H groups in total. The predicted molar refractivity (Wildman–Crippen MR) is 131 cm³/mol. The third-order valence-corrected chi connectivity index (χ3v) is 7.19. The number of hydrogen-bond acceptors (Lipinski definition) is 5. The van der Waals surface area contributed by atoms with Gasteiger partial charge in [-0.2, -0.15) is 0 Å². The zero-order valence-electron chi connectivity index (χ0n) is 18.8. The normalized spacial score (nSPS) is 11.5. The van der Waals surface area contributed by atoms with Crippen molar-refractivity contribution < 1.29 is 23.1 Å².